The van der Waals surface area contributed by atoms with E-state index in [4.69, 9.17) is 11.6 Å². The minimum Gasteiger partial charge on any atom is -0.309 e. The molecule has 0 fully saturated rings. The summed E-state index contributed by atoms with van der Waals surface area (Å²) in [5.74, 6) is 0. The largest absolute Gasteiger partial charge is 0.309 e. The molecule has 5 aromatic rings. The molecular weight excluding hydrogens is 374 g/mol. The molecule has 4 aromatic carbocycles. The molecule has 0 radical (unpaired) electrons. The summed E-state index contributed by atoms with van der Waals surface area (Å²) in [5.41, 5.74) is 8.90. The van der Waals surface area contributed by atoms with Crippen molar-refractivity contribution in [2.75, 3.05) is 0 Å². The molecule has 140 valence electrons. The SMILES string of the molecule is CC1(C)c2cc(Cl)ccc2-c2ccc3c4ccccc4n(-c4ccccc4)c3c21. The lowest BCUT2D eigenvalue weighted by molar-refractivity contribution is 0.664. The summed E-state index contributed by atoms with van der Waals surface area (Å²) >= 11 is 6.40. The molecule has 1 heterocycles. The third kappa shape index (κ3) is 2.17. The Labute approximate surface area is 175 Å². The van der Waals surface area contributed by atoms with Crippen molar-refractivity contribution in [1.29, 1.82) is 0 Å². The van der Waals surface area contributed by atoms with E-state index in [0.29, 0.717) is 0 Å². The second-order valence-corrected chi connectivity index (χ2v) is 8.82. The van der Waals surface area contributed by atoms with Gasteiger partial charge in [0.05, 0.1) is 11.0 Å². The number of fused-ring (bicyclic) bond motifs is 7. The molecule has 1 nitrogen and oxygen atoms in total. The first-order valence-electron chi connectivity index (χ1n) is 10.00. The van der Waals surface area contributed by atoms with Crippen molar-refractivity contribution in [2.45, 2.75) is 19.3 Å². The number of aromatic nitrogens is 1. The third-order valence-electron chi connectivity index (χ3n) is 6.42. The molecule has 0 saturated carbocycles. The standard InChI is InChI=1S/C27H20ClN/c1-27(2)23-16-17(28)12-13-19(23)21-14-15-22-20-10-6-7-11-24(20)29(26(22)25(21)27)18-8-4-3-5-9-18/h3-16H,1-2H3. The first-order valence-corrected chi connectivity index (χ1v) is 10.4. The van der Waals surface area contributed by atoms with E-state index in [1.807, 2.05) is 6.07 Å². The second kappa shape index (κ2) is 5.75. The third-order valence-corrected chi connectivity index (χ3v) is 6.66. The van der Waals surface area contributed by atoms with Crippen LogP contribution in [0.5, 0.6) is 0 Å². The van der Waals surface area contributed by atoms with Gasteiger partial charge < -0.3 is 4.57 Å². The van der Waals surface area contributed by atoms with Gasteiger partial charge in [-0.1, -0.05) is 80.0 Å². The molecule has 29 heavy (non-hydrogen) atoms. The van der Waals surface area contributed by atoms with Gasteiger partial charge in [0.25, 0.3) is 0 Å². The van der Waals surface area contributed by atoms with Gasteiger partial charge in [-0.25, -0.2) is 0 Å². The Balaban J connectivity index is 1.84. The van der Waals surface area contributed by atoms with Gasteiger partial charge in [-0.3, -0.25) is 0 Å². The monoisotopic (exact) mass is 393 g/mol. The van der Waals surface area contributed by atoms with Crippen LogP contribution in [0, 0.1) is 0 Å². The molecule has 0 bridgehead atoms. The fourth-order valence-corrected chi connectivity index (χ4v) is 5.34. The number of rotatable bonds is 1. The molecule has 1 aromatic heterocycles. The quantitative estimate of drug-likeness (QED) is 0.274. The summed E-state index contributed by atoms with van der Waals surface area (Å²) in [7, 11) is 0. The lowest BCUT2D eigenvalue weighted by atomic mass is 9.81. The zero-order chi connectivity index (χ0) is 19.8. The molecule has 0 atom stereocenters. The van der Waals surface area contributed by atoms with Gasteiger partial charge >= 0.3 is 0 Å². The minimum atomic E-state index is -0.129. The van der Waals surface area contributed by atoms with E-state index >= 15 is 0 Å². The maximum atomic E-state index is 6.40. The summed E-state index contributed by atoms with van der Waals surface area (Å²) in [6.07, 6.45) is 0. The predicted molar refractivity (Wildman–Crippen MR) is 123 cm³/mol. The van der Waals surface area contributed by atoms with E-state index in [9.17, 15) is 0 Å². The predicted octanol–water partition coefficient (Wildman–Crippen LogP) is 7.74. The Hall–Kier alpha value is -3.03. The van der Waals surface area contributed by atoms with E-state index in [0.717, 1.165) is 5.02 Å². The van der Waals surface area contributed by atoms with E-state index < -0.39 is 0 Å². The summed E-state index contributed by atoms with van der Waals surface area (Å²) in [4.78, 5) is 0. The molecule has 1 aliphatic carbocycles. The van der Waals surface area contributed by atoms with Crippen LogP contribution in [0.25, 0.3) is 38.6 Å². The van der Waals surface area contributed by atoms with Crippen LogP contribution in [0.15, 0.2) is 84.9 Å². The van der Waals surface area contributed by atoms with Gasteiger partial charge in [0, 0.05) is 26.9 Å². The van der Waals surface area contributed by atoms with Crippen LogP contribution < -0.4 is 0 Å². The molecule has 0 saturated heterocycles. The number of halogens is 1. The van der Waals surface area contributed by atoms with Crippen LogP contribution in [0.4, 0.5) is 0 Å². The van der Waals surface area contributed by atoms with E-state index in [-0.39, 0.29) is 5.41 Å². The lowest BCUT2D eigenvalue weighted by Gasteiger charge is -2.23. The smallest absolute Gasteiger partial charge is 0.0588 e. The van der Waals surface area contributed by atoms with Crippen LogP contribution >= 0.6 is 11.6 Å². The zero-order valence-electron chi connectivity index (χ0n) is 16.4. The van der Waals surface area contributed by atoms with E-state index in [1.54, 1.807) is 0 Å². The van der Waals surface area contributed by atoms with Crippen LogP contribution in [-0.2, 0) is 5.41 Å². The van der Waals surface area contributed by atoms with Gasteiger partial charge in [-0.05, 0) is 52.6 Å². The Kier molecular flexibility index (Phi) is 3.34. The number of para-hydroxylation sites is 2. The molecule has 2 heteroatoms. The second-order valence-electron chi connectivity index (χ2n) is 8.39. The highest BCUT2D eigenvalue weighted by Gasteiger charge is 2.38. The fourth-order valence-electron chi connectivity index (χ4n) is 5.16. The minimum absolute atomic E-state index is 0.129. The molecule has 6 rings (SSSR count). The Morgan fingerprint density at radius 1 is 0.724 bits per heavy atom. The van der Waals surface area contributed by atoms with Crippen molar-refractivity contribution in [3.63, 3.8) is 0 Å². The maximum absolute atomic E-state index is 6.40. The van der Waals surface area contributed by atoms with Crippen LogP contribution in [0.3, 0.4) is 0 Å². The van der Waals surface area contributed by atoms with Crippen molar-refractivity contribution in [1.82, 2.24) is 4.57 Å². The number of nitrogens with zero attached hydrogens (tertiary/aromatic N) is 1. The Bertz CT molecular complexity index is 1420. The average Bonchev–Trinajstić information content (AvgIpc) is 3.18. The van der Waals surface area contributed by atoms with Crippen molar-refractivity contribution >= 4 is 33.4 Å². The highest BCUT2D eigenvalue weighted by molar-refractivity contribution is 6.30. The van der Waals surface area contributed by atoms with Gasteiger partial charge in [0.2, 0.25) is 0 Å². The first kappa shape index (κ1) is 16.9. The summed E-state index contributed by atoms with van der Waals surface area (Å²) in [6, 6.07) is 30.3. The van der Waals surface area contributed by atoms with E-state index in [1.165, 1.54) is 49.7 Å². The van der Waals surface area contributed by atoms with E-state index in [2.05, 4.69) is 97.3 Å². The molecule has 0 aliphatic heterocycles. The van der Waals surface area contributed by atoms with Crippen molar-refractivity contribution < 1.29 is 0 Å². The van der Waals surface area contributed by atoms with Crippen LogP contribution in [0.1, 0.15) is 25.0 Å². The van der Waals surface area contributed by atoms with Gasteiger partial charge in [-0.15, -0.1) is 0 Å². The van der Waals surface area contributed by atoms with Crippen molar-refractivity contribution in [3.05, 3.63) is 101 Å². The highest BCUT2D eigenvalue weighted by Crippen LogP contribution is 2.53. The van der Waals surface area contributed by atoms with Crippen LogP contribution in [-0.4, -0.2) is 4.57 Å². The fraction of sp³-hybridized carbons (Fsp3) is 0.111. The Morgan fingerprint density at radius 3 is 2.28 bits per heavy atom. The van der Waals surface area contributed by atoms with Gasteiger partial charge in [-0.2, -0.15) is 0 Å². The molecular formula is C27H20ClN. The lowest BCUT2D eigenvalue weighted by Crippen LogP contribution is -2.16. The number of hydrogen-bond donors (Lipinski definition) is 0. The highest BCUT2D eigenvalue weighted by atomic mass is 35.5. The maximum Gasteiger partial charge on any atom is 0.0588 e. The Morgan fingerprint density at radius 2 is 1.45 bits per heavy atom. The summed E-state index contributed by atoms with van der Waals surface area (Å²) < 4.78 is 2.43. The summed E-state index contributed by atoms with van der Waals surface area (Å²) in [6.45, 7) is 4.64. The first-order chi connectivity index (χ1) is 14.1. The molecule has 0 unspecified atom stereocenters. The molecule has 1 aliphatic rings. The number of benzene rings is 4. The van der Waals surface area contributed by atoms with Gasteiger partial charge in [0.15, 0.2) is 0 Å². The average molecular weight is 394 g/mol. The number of hydrogen-bond acceptors (Lipinski definition) is 0. The molecule has 0 spiro atoms. The van der Waals surface area contributed by atoms with Gasteiger partial charge in [0.1, 0.15) is 0 Å². The summed E-state index contributed by atoms with van der Waals surface area (Å²) in [5, 5.41) is 3.39. The molecule has 0 N–H and O–H groups in total. The van der Waals surface area contributed by atoms with Crippen molar-refractivity contribution in [3.8, 4) is 16.8 Å². The topological polar surface area (TPSA) is 4.93 Å². The van der Waals surface area contributed by atoms with Crippen LogP contribution in [0.2, 0.25) is 5.02 Å². The van der Waals surface area contributed by atoms with Crippen molar-refractivity contribution in [2.24, 2.45) is 0 Å². The zero-order valence-corrected chi connectivity index (χ0v) is 17.2. The molecule has 0 amide bonds. The normalized spacial score (nSPS) is 14.3.